The zero-order chi connectivity index (χ0) is 21.5. The molecule has 0 bridgehead atoms. The number of carbonyl (C=O) groups is 2. The highest BCUT2D eigenvalue weighted by molar-refractivity contribution is 5.99. The van der Waals surface area contributed by atoms with Gasteiger partial charge in [0, 0.05) is 24.1 Å². The van der Waals surface area contributed by atoms with Crippen LogP contribution in [0.3, 0.4) is 0 Å². The Morgan fingerprint density at radius 3 is 2.45 bits per heavy atom. The van der Waals surface area contributed by atoms with Gasteiger partial charge in [0.05, 0.1) is 24.3 Å². The molecule has 5 nitrogen and oxygen atoms in total. The Kier molecular flexibility index (Phi) is 5.26. The molecule has 162 valence electrons. The molecule has 2 heterocycles. The predicted molar refractivity (Wildman–Crippen MR) is 115 cm³/mol. The lowest BCUT2D eigenvalue weighted by atomic mass is 9.71. The first-order valence-electron chi connectivity index (χ1n) is 11.2. The SMILES string of the molecule is O=C(C1CCCCC1)N1C[C@H]2[C@@H](c3ccccc31)[C@@H](CO)N2C(=O)c1ccccc1F. The molecule has 2 amide bonds. The highest BCUT2D eigenvalue weighted by Gasteiger charge is 2.55. The molecule has 2 fully saturated rings. The summed E-state index contributed by atoms with van der Waals surface area (Å²) in [5.74, 6) is -0.923. The molecular weight excluding hydrogens is 395 g/mol. The number of likely N-dealkylation sites (tertiary alicyclic amines) is 1. The summed E-state index contributed by atoms with van der Waals surface area (Å²) in [5.41, 5.74) is 1.87. The second-order valence-corrected chi connectivity index (χ2v) is 8.88. The van der Waals surface area contributed by atoms with Gasteiger partial charge in [-0.2, -0.15) is 0 Å². The van der Waals surface area contributed by atoms with E-state index in [1.165, 1.54) is 18.6 Å². The fourth-order valence-corrected chi connectivity index (χ4v) is 5.72. The van der Waals surface area contributed by atoms with Crippen molar-refractivity contribution < 1.29 is 19.1 Å². The van der Waals surface area contributed by atoms with Crippen LogP contribution in [-0.4, -0.2) is 47.1 Å². The van der Waals surface area contributed by atoms with E-state index in [1.54, 1.807) is 17.0 Å². The molecule has 0 radical (unpaired) electrons. The molecule has 1 aliphatic carbocycles. The van der Waals surface area contributed by atoms with E-state index in [4.69, 9.17) is 0 Å². The number of aliphatic hydroxyl groups excluding tert-OH is 1. The number of aliphatic hydroxyl groups is 1. The van der Waals surface area contributed by atoms with E-state index < -0.39 is 17.8 Å². The first-order valence-corrected chi connectivity index (χ1v) is 11.2. The van der Waals surface area contributed by atoms with Gasteiger partial charge in [-0.25, -0.2) is 4.39 Å². The van der Waals surface area contributed by atoms with Gasteiger partial charge in [0.1, 0.15) is 5.82 Å². The second kappa shape index (κ2) is 8.08. The maximum absolute atomic E-state index is 14.3. The van der Waals surface area contributed by atoms with Gasteiger partial charge in [-0.3, -0.25) is 9.59 Å². The number of benzene rings is 2. The summed E-state index contributed by atoms with van der Waals surface area (Å²) in [6, 6.07) is 13.0. The van der Waals surface area contributed by atoms with Crippen molar-refractivity contribution in [2.75, 3.05) is 18.1 Å². The fourth-order valence-electron chi connectivity index (χ4n) is 5.72. The molecule has 2 aromatic carbocycles. The normalized spacial score (nSPS) is 25.4. The van der Waals surface area contributed by atoms with Crippen LogP contribution in [0.15, 0.2) is 48.5 Å². The number of carbonyl (C=O) groups excluding carboxylic acids is 2. The zero-order valence-electron chi connectivity index (χ0n) is 17.4. The van der Waals surface area contributed by atoms with Crippen LogP contribution in [0.4, 0.5) is 10.1 Å². The molecular formula is C25H27FN2O3. The van der Waals surface area contributed by atoms with E-state index in [2.05, 4.69) is 0 Å². The van der Waals surface area contributed by atoms with E-state index in [9.17, 15) is 19.1 Å². The van der Waals surface area contributed by atoms with E-state index in [0.717, 1.165) is 36.9 Å². The average molecular weight is 423 g/mol. The van der Waals surface area contributed by atoms with Gasteiger partial charge >= 0.3 is 0 Å². The maximum atomic E-state index is 14.3. The molecule has 5 rings (SSSR count). The molecule has 3 atom stereocenters. The van der Waals surface area contributed by atoms with Crippen molar-refractivity contribution in [2.45, 2.75) is 50.1 Å². The maximum Gasteiger partial charge on any atom is 0.257 e. The minimum atomic E-state index is -0.570. The van der Waals surface area contributed by atoms with Crippen LogP contribution in [0, 0.1) is 11.7 Å². The molecule has 1 N–H and O–H groups in total. The summed E-state index contributed by atoms with van der Waals surface area (Å²) in [7, 11) is 0. The zero-order valence-corrected chi connectivity index (χ0v) is 17.4. The summed E-state index contributed by atoms with van der Waals surface area (Å²) < 4.78 is 14.3. The Hall–Kier alpha value is -2.73. The molecule has 2 aliphatic heterocycles. The Morgan fingerprint density at radius 2 is 1.71 bits per heavy atom. The second-order valence-electron chi connectivity index (χ2n) is 8.88. The number of rotatable bonds is 3. The van der Waals surface area contributed by atoms with Gasteiger partial charge in [0.25, 0.3) is 5.91 Å². The highest BCUT2D eigenvalue weighted by atomic mass is 19.1. The van der Waals surface area contributed by atoms with Crippen molar-refractivity contribution in [2.24, 2.45) is 5.92 Å². The van der Waals surface area contributed by atoms with Gasteiger partial charge in [0.15, 0.2) is 0 Å². The van der Waals surface area contributed by atoms with Crippen molar-refractivity contribution >= 4 is 17.5 Å². The largest absolute Gasteiger partial charge is 0.394 e. The molecule has 1 saturated carbocycles. The van der Waals surface area contributed by atoms with E-state index in [-0.39, 0.29) is 36.0 Å². The van der Waals surface area contributed by atoms with Gasteiger partial charge in [-0.15, -0.1) is 0 Å². The van der Waals surface area contributed by atoms with Gasteiger partial charge in [-0.1, -0.05) is 49.6 Å². The quantitative estimate of drug-likeness (QED) is 0.820. The predicted octanol–water partition coefficient (Wildman–Crippen LogP) is 3.72. The third-order valence-corrected chi connectivity index (χ3v) is 7.25. The third-order valence-electron chi connectivity index (χ3n) is 7.25. The molecule has 3 aliphatic rings. The number of hydrogen-bond donors (Lipinski definition) is 1. The monoisotopic (exact) mass is 422 g/mol. The van der Waals surface area contributed by atoms with Crippen molar-refractivity contribution in [3.05, 3.63) is 65.5 Å². The van der Waals surface area contributed by atoms with Crippen molar-refractivity contribution in [3.63, 3.8) is 0 Å². The molecule has 0 aromatic heterocycles. The number of anilines is 1. The lowest BCUT2D eigenvalue weighted by Gasteiger charge is -2.59. The lowest BCUT2D eigenvalue weighted by molar-refractivity contribution is -0.124. The number of amides is 2. The van der Waals surface area contributed by atoms with Crippen LogP contribution < -0.4 is 4.90 Å². The summed E-state index contributed by atoms with van der Waals surface area (Å²) in [4.78, 5) is 30.1. The van der Waals surface area contributed by atoms with Gasteiger partial charge in [-0.05, 0) is 36.6 Å². The van der Waals surface area contributed by atoms with E-state index in [0.29, 0.717) is 6.54 Å². The van der Waals surface area contributed by atoms with Crippen LogP contribution in [0.2, 0.25) is 0 Å². The smallest absolute Gasteiger partial charge is 0.257 e. The number of fused-ring (bicyclic) bond motifs is 3. The van der Waals surface area contributed by atoms with Gasteiger partial charge in [0.2, 0.25) is 5.91 Å². The summed E-state index contributed by atoms with van der Waals surface area (Å²) >= 11 is 0. The number of hydrogen-bond acceptors (Lipinski definition) is 3. The summed E-state index contributed by atoms with van der Waals surface area (Å²) in [5, 5.41) is 10.1. The number of nitrogens with zero attached hydrogens (tertiary/aromatic N) is 2. The topological polar surface area (TPSA) is 60.9 Å². The first kappa shape index (κ1) is 20.2. The number of para-hydroxylation sites is 1. The lowest BCUT2D eigenvalue weighted by Crippen LogP contribution is -2.71. The van der Waals surface area contributed by atoms with Crippen molar-refractivity contribution in [1.82, 2.24) is 4.90 Å². The Morgan fingerprint density at radius 1 is 1.00 bits per heavy atom. The van der Waals surface area contributed by atoms with E-state index >= 15 is 0 Å². The highest BCUT2D eigenvalue weighted by Crippen LogP contribution is 2.49. The van der Waals surface area contributed by atoms with Crippen LogP contribution in [0.25, 0.3) is 0 Å². The molecule has 0 spiro atoms. The minimum Gasteiger partial charge on any atom is -0.394 e. The molecule has 6 heteroatoms. The summed E-state index contributed by atoms with van der Waals surface area (Å²) in [6.45, 7) is 0.181. The Labute approximate surface area is 181 Å². The standard InChI is InChI=1S/C25H27FN2O3/c26-19-12-6-4-10-17(19)25(31)28-21-14-27(24(30)16-8-2-1-3-9-16)20-13-7-5-11-18(20)23(21)22(28)15-29/h4-7,10-13,16,21-23,29H,1-3,8-9,14-15H2/t21-,22+,23+/m0/s1. The fraction of sp³-hybridized carbons (Fsp3) is 0.440. The molecule has 0 unspecified atom stereocenters. The van der Waals surface area contributed by atoms with Crippen molar-refractivity contribution in [1.29, 1.82) is 0 Å². The number of halogens is 1. The summed E-state index contributed by atoms with van der Waals surface area (Å²) in [6.07, 6.45) is 5.13. The van der Waals surface area contributed by atoms with Crippen LogP contribution >= 0.6 is 0 Å². The molecule has 2 aromatic rings. The molecule has 31 heavy (non-hydrogen) atoms. The average Bonchev–Trinajstić information content (AvgIpc) is 2.79. The third kappa shape index (κ3) is 3.24. The van der Waals surface area contributed by atoms with Crippen LogP contribution in [0.1, 0.15) is 53.9 Å². The van der Waals surface area contributed by atoms with Crippen LogP contribution in [0.5, 0.6) is 0 Å². The first-order chi connectivity index (χ1) is 15.1. The van der Waals surface area contributed by atoms with Gasteiger partial charge < -0.3 is 14.9 Å². The van der Waals surface area contributed by atoms with Crippen molar-refractivity contribution in [3.8, 4) is 0 Å². The Bertz CT molecular complexity index is 1000. The van der Waals surface area contributed by atoms with Crippen LogP contribution in [-0.2, 0) is 4.79 Å². The van der Waals surface area contributed by atoms with E-state index in [1.807, 2.05) is 29.2 Å². The molecule has 1 saturated heterocycles. The Balaban J connectivity index is 1.50. The minimum absolute atomic E-state index is 0.00316.